The second kappa shape index (κ2) is 5.30. The highest BCUT2D eigenvalue weighted by Gasteiger charge is 2.55. The molecule has 4 rings (SSSR count). The van der Waals surface area contributed by atoms with Crippen molar-refractivity contribution >= 4 is 11.6 Å². The van der Waals surface area contributed by atoms with Crippen molar-refractivity contribution in [3.8, 4) is 0 Å². The molecule has 0 heterocycles. The summed E-state index contributed by atoms with van der Waals surface area (Å²) in [6.07, 6.45) is 8.31. The summed E-state index contributed by atoms with van der Waals surface area (Å²) in [7, 11) is 0. The van der Waals surface area contributed by atoms with Gasteiger partial charge < -0.3 is 5.11 Å². The Morgan fingerprint density at radius 1 is 1.14 bits per heavy atom. The minimum Gasteiger partial charge on any atom is -0.388 e. The summed E-state index contributed by atoms with van der Waals surface area (Å²) < 4.78 is 7.70. The fraction of sp³-hybridized carbons (Fsp3) is 0.789. The van der Waals surface area contributed by atoms with Crippen molar-refractivity contribution in [1.82, 2.24) is 0 Å². The molecule has 0 aromatic rings. The molecule has 0 radical (unpaired) electrons. The highest BCUT2D eigenvalue weighted by Crippen LogP contribution is 2.56. The van der Waals surface area contributed by atoms with Crippen molar-refractivity contribution in [2.75, 3.05) is 0 Å². The van der Waals surface area contributed by atoms with Crippen molar-refractivity contribution in [3.63, 3.8) is 0 Å². The number of hydrogen-bond donors (Lipinski definition) is 1. The average Bonchev–Trinajstić information content (AvgIpc) is 2.88. The Labute approximate surface area is 133 Å². The van der Waals surface area contributed by atoms with Gasteiger partial charge in [0.05, 0.1) is 6.10 Å². The van der Waals surface area contributed by atoms with Crippen LogP contribution in [0.25, 0.3) is 0 Å². The number of rotatable bonds is 2. The largest absolute Gasteiger partial charge is 0.388 e. The summed E-state index contributed by atoms with van der Waals surface area (Å²) in [4.78, 5) is 24.5. The molecule has 4 aliphatic rings. The molecule has 0 spiro atoms. The molecule has 3 fully saturated rings. The van der Waals surface area contributed by atoms with Gasteiger partial charge in [-0.1, -0.05) is 26.2 Å². The Bertz CT molecular complexity index is 567. The summed E-state index contributed by atoms with van der Waals surface area (Å²) in [5.41, 5.74) is 1.71. The second-order valence-corrected chi connectivity index (χ2v) is 7.80. The Morgan fingerprint density at radius 2 is 1.95 bits per heavy atom. The van der Waals surface area contributed by atoms with E-state index in [2.05, 4.69) is 0 Å². The highest BCUT2D eigenvalue weighted by atomic mass is 16.3. The van der Waals surface area contributed by atoms with Crippen molar-refractivity contribution in [2.45, 2.75) is 64.4 Å². The minimum atomic E-state index is -0.280. The molecule has 22 heavy (non-hydrogen) atoms. The number of fused-ring (bicyclic) bond motifs is 5. The third-order valence-electron chi connectivity index (χ3n) is 7.04. The Balaban J connectivity index is 1.79. The average molecular weight is 303 g/mol. The number of carbonyl (C=O) groups is 2. The predicted molar refractivity (Wildman–Crippen MR) is 83.1 cm³/mol. The number of carbonyl (C=O) groups excluding carboxylic acids is 2. The molecule has 0 aliphatic heterocycles. The van der Waals surface area contributed by atoms with Crippen molar-refractivity contribution in [1.29, 1.82) is 1.43 Å². The molecule has 1 unspecified atom stereocenters. The SMILES string of the molecule is [2H]O[C@@H]1C(CC)=C2C(=O)C(=O)C[C@H]2[C@@H]2CCC3CCCC[C@@H]3[C@H]21. The third kappa shape index (κ3) is 1.90. The maximum absolute atomic E-state index is 12.4. The van der Waals surface area contributed by atoms with E-state index in [-0.39, 0.29) is 23.6 Å². The molecule has 0 saturated heterocycles. The van der Waals surface area contributed by atoms with Gasteiger partial charge in [-0.3, -0.25) is 9.59 Å². The Morgan fingerprint density at radius 3 is 2.73 bits per heavy atom. The zero-order chi connectivity index (χ0) is 16.1. The molecule has 3 heteroatoms. The second-order valence-electron chi connectivity index (χ2n) is 7.80. The first-order valence-corrected chi connectivity index (χ1v) is 9.09. The lowest BCUT2D eigenvalue weighted by Crippen LogP contribution is -2.49. The molecular formula is C19H26O3. The summed E-state index contributed by atoms with van der Waals surface area (Å²) in [5.74, 6) is 1.70. The Hall–Kier alpha value is -0.960. The molecule has 3 nitrogen and oxygen atoms in total. The molecule has 6 atom stereocenters. The first kappa shape index (κ1) is 13.5. The number of allylic oxidation sites excluding steroid dienone is 1. The van der Waals surface area contributed by atoms with Gasteiger partial charge >= 0.3 is 0 Å². The van der Waals surface area contributed by atoms with Crippen LogP contribution in [-0.2, 0) is 9.59 Å². The summed E-state index contributed by atoms with van der Waals surface area (Å²) in [6.45, 7) is 2.03. The standard InChI is InChI=1S/C19H26O3/c1-2-11-16-14(9-15(20)19(16)22)13-8-7-10-5-3-4-6-12(10)17(13)18(11)21/h10,12-14,17-18,21H,2-9H2,1H3/t10?,12-,13-,14-,17+,18+/m0/s1/i21D. The van der Waals surface area contributed by atoms with Gasteiger partial charge in [0.25, 0.3) is 0 Å². The van der Waals surface area contributed by atoms with Gasteiger partial charge in [-0.15, -0.1) is 0 Å². The van der Waals surface area contributed by atoms with Gasteiger partial charge in [0.15, 0.2) is 0 Å². The Kier molecular flexibility index (Phi) is 3.24. The molecule has 0 aromatic heterocycles. The zero-order valence-electron chi connectivity index (χ0n) is 14.3. The predicted octanol–water partition coefficient (Wildman–Crippen LogP) is 3.06. The lowest BCUT2D eigenvalue weighted by Gasteiger charge is -2.52. The van der Waals surface area contributed by atoms with Crippen LogP contribution in [0.15, 0.2) is 11.1 Å². The number of Topliss-reactive ketones (excluding diaryl/α,β-unsaturated/α-hetero) is 2. The van der Waals surface area contributed by atoms with Gasteiger partial charge in [-0.25, -0.2) is 0 Å². The molecule has 1 N–H and O–H groups in total. The van der Waals surface area contributed by atoms with E-state index in [9.17, 15) is 9.59 Å². The molecule has 4 aliphatic carbocycles. The molecule has 0 aromatic carbocycles. The molecule has 0 bridgehead atoms. The van der Waals surface area contributed by atoms with Crippen LogP contribution in [0.3, 0.4) is 0 Å². The highest BCUT2D eigenvalue weighted by molar-refractivity contribution is 6.46. The van der Waals surface area contributed by atoms with Gasteiger partial charge in [0.2, 0.25) is 13.0 Å². The van der Waals surface area contributed by atoms with E-state index < -0.39 is 0 Å². The van der Waals surface area contributed by atoms with Gasteiger partial charge in [-0.2, -0.15) is 0 Å². The van der Waals surface area contributed by atoms with E-state index in [1.807, 2.05) is 6.92 Å². The smallest absolute Gasteiger partial charge is 0.224 e. The lowest BCUT2D eigenvalue weighted by atomic mass is 9.53. The van der Waals surface area contributed by atoms with Crippen LogP contribution in [0.4, 0.5) is 0 Å². The lowest BCUT2D eigenvalue weighted by molar-refractivity contribution is -0.132. The normalized spacial score (nSPS) is 45.2. The van der Waals surface area contributed by atoms with E-state index in [0.29, 0.717) is 24.2 Å². The molecule has 0 amide bonds. The molecule has 120 valence electrons. The summed E-state index contributed by atoms with van der Waals surface area (Å²) in [5, 5.41) is 5.23. The number of ketones is 2. The van der Waals surface area contributed by atoms with Crippen molar-refractivity contribution in [2.24, 2.45) is 29.6 Å². The van der Waals surface area contributed by atoms with Crippen LogP contribution >= 0.6 is 0 Å². The maximum atomic E-state index is 12.4. The van der Waals surface area contributed by atoms with Crippen LogP contribution in [0.2, 0.25) is 0 Å². The van der Waals surface area contributed by atoms with Crippen molar-refractivity contribution < 1.29 is 14.7 Å². The third-order valence-corrected chi connectivity index (χ3v) is 7.04. The molecule has 3 saturated carbocycles. The first-order chi connectivity index (χ1) is 11.2. The van der Waals surface area contributed by atoms with Crippen molar-refractivity contribution in [3.05, 3.63) is 11.1 Å². The van der Waals surface area contributed by atoms with E-state index in [4.69, 9.17) is 6.54 Å². The summed E-state index contributed by atoms with van der Waals surface area (Å²) >= 11 is 0. The number of aliphatic hydroxyl groups is 1. The van der Waals surface area contributed by atoms with Gasteiger partial charge in [-0.05, 0) is 60.8 Å². The topological polar surface area (TPSA) is 54.4 Å². The van der Waals surface area contributed by atoms with Crippen LogP contribution in [0.5, 0.6) is 0 Å². The van der Waals surface area contributed by atoms with E-state index >= 15 is 0 Å². The number of hydrogen-bond acceptors (Lipinski definition) is 3. The van der Waals surface area contributed by atoms with E-state index in [0.717, 1.165) is 29.9 Å². The quantitative estimate of drug-likeness (QED) is 0.798. The van der Waals surface area contributed by atoms with E-state index in [1.54, 1.807) is 0 Å². The fourth-order valence-electron chi connectivity index (χ4n) is 6.18. The zero-order valence-corrected chi connectivity index (χ0v) is 13.3. The van der Waals surface area contributed by atoms with Gasteiger partial charge in [0, 0.05) is 12.0 Å². The summed E-state index contributed by atoms with van der Waals surface area (Å²) in [6, 6.07) is 0. The fourth-order valence-corrected chi connectivity index (χ4v) is 6.18. The maximum Gasteiger partial charge on any atom is 0.224 e. The van der Waals surface area contributed by atoms with E-state index in [1.165, 1.54) is 32.1 Å². The van der Waals surface area contributed by atoms with Crippen LogP contribution in [0.1, 0.15) is 58.3 Å². The first-order valence-electron chi connectivity index (χ1n) is 9.50. The van der Waals surface area contributed by atoms with Gasteiger partial charge in [0.1, 0.15) is 0 Å². The molecular weight excluding hydrogens is 276 g/mol. The monoisotopic (exact) mass is 303 g/mol. The van der Waals surface area contributed by atoms with Crippen LogP contribution in [0, 0.1) is 29.6 Å². The van der Waals surface area contributed by atoms with Crippen LogP contribution < -0.4 is 0 Å². The number of aliphatic hydroxyl groups excluding tert-OH is 1. The minimum absolute atomic E-state index is 0.115. The van der Waals surface area contributed by atoms with Crippen LogP contribution in [-0.4, -0.2) is 24.2 Å².